The van der Waals surface area contributed by atoms with Gasteiger partial charge in [0, 0.05) is 19.1 Å². The molecular weight excluding hydrogens is 162 g/mol. The van der Waals surface area contributed by atoms with Crippen molar-refractivity contribution in [2.45, 2.75) is 44.2 Å². The lowest BCUT2D eigenvalue weighted by Crippen LogP contribution is -2.45. The van der Waals surface area contributed by atoms with Gasteiger partial charge in [-0.1, -0.05) is 12.8 Å². The Balaban J connectivity index is 1.63. The van der Waals surface area contributed by atoms with Crippen molar-refractivity contribution in [3.63, 3.8) is 0 Å². The Bertz CT molecular complexity index is 196. The number of aliphatic hydroxyl groups is 1. The van der Waals surface area contributed by atoms with Gasteiger partial charge in [-0.3, -0.25) is 4.90 Å². The summed E-state index contributed by atoms with van der Waals surface area (Å²) < 4.78 is 0. The zero-order chi connectivity index (χ0) is 8.84. The van der Waals surface area contributed by atoms with E-state index in [1.54, 1.807) is 0 Å². The van der Waals surface area contributed by atoms with Gasteiger partial charge in [-0.25, -0.2) is 0 Å². The minimum absolute atomic E-state index is 0.0220. The third-order valence-corrected chi connectivity index (χ3v) is 4.17. The Hall–Kier alpha value is -0.0800. The van der Waals surface area contributed by atoms with Crippen molar-refractivity contribution in [2.24, 2.45) is 11.8 Å². The van der Waals surface area contributed by atoms with E-state index in [1.807, 2.05) is 0 Å². The number of fused-ring (bicyclic) bond motifs is 1. The number of piperidine rings is 1. The third-order valence-electron chi connectivity index (χ3n) is 4.17. The van der Waals surface area contributed by atoms with Crippen molar-refractivity contribution >= 4 is 0 Å². The summed E-state index contributed by atoms with van der Waals surface area (Å²) in [6.07, 6.45) is 6.29. The van der Waals surface area contributed by atoms with Gasteiger partial charge in [-0.2, -0.15) is 0 Å². The van der Waals surface area contributed by atoms with Gasteiger partial charge in [0.05, 0.1) is 6.10 Å². The summed E-state index contributed by atoms with van der Waals surface area (Å²) >= 11 is 0. The van der Waals surface area contributed by atoms with E-state index in [2.05, 4.69) is 4.90 Å². The van der Waals surface area contributed by atoms with Crippen molar-refractivity contribution in [2.75, 3.05) is 13.1 Å². The Morgan fingerprint density at radius 2 is 1.69 bits per heavy atom. The molecule has 74 valence electrons. The van der Waals surface area contributed by atoms with Gasteiger partial charge in [0.1, 0.15) is 0 Å². The molecule has 0 aromatic heterocycles. The van der Waals surface area contributed by atoms with Crippen molar-refractivity contribution in [3.8, 4) is 0 Å². The first-order valence-electron chi connectivity index (χ1n) is 5.77. The van der Waals surface area contributed by atoms with Gasteiger partial charge in [0.2, 0.25) is 0 Å². The molecule has 0 spiro atoms. The molecule has 3 fully saturated rings. The number of nitrogens with zero attached hydrogens (tertiary/aromatic N) is 1. The molecule has 1 aliphatic heterocycles. The Kier molecular flexibility index (Phi) is 1.88. The van der Waals surface area contributed by atoms with Crippen molar-refractivity contribution in [3.05, 3.63) is 0 Å². The summed E-state index contributed by atoms with van der Waals surface area (Å²) in [6, 6.07) is 0.515. The van der Waals surface area contributed by atoms with Gasteiger partial charge in [0.25, 0.3) is 0 Å². The molecule has 0 amide bonds. The Morgan fingerprint density at radius 3 is 2.38 bits per heavy atom. The minimum Gasteiger partial charge on any atom is -0.391 e. The van der Waals surface area contributed by atoms with Crippen LogP contribution in [0.5, 0.6) is 0 Å². The molecule has 3 aliphatic rings. The van der Waals surface area contributed by atoms with Crippen molar-refractivity contribution < 1.29 is 5.11 Å². The van der Waals surface area contributed by atoms with Gasteiger partial charge >= 0.3 is 0 Å². The molecule has 13 heavy (non-hydrogen) atoms. The normalized spacial score (nSPS) is 50.5. The first-order chi connectivity index (χ1) is 6.34. The largest absolute Gasteiger partial charge is 0.391 e. The molecule has 2 unspecified atom stereocenters. The van der Waals surface area contributed by atoms with E-state index >= 15 is 0 Å². The fourth-order valence-corrected chi connectivity index (χ4v) is 3.22. The maximum atomic E-state index is 9.89. The standard InChI is InChI=1S/C11H19NO/c13-11-4-2-1-3-10(11)12-6-8-5-9(8)7-12/h8-11,13H,1-7H2/t8?,9?,10-,11-/m1/s1. The number of hydrogen-bond acceptors (Lipinski definition) is 2. The van der Waals surface area contributed by atoms with Crippen LogP contribution in [-0.2, 0) is 0 Å². The van der Waals surface area contributed by atoms with E-state index < -0.39 is 0 Å². The lowest BCUT2D eigenvalue weighted by molar-refractivity contribution is 0.0258. The van der Waals surface area contributed by atoms with Crippen LogP contribution < -0.4 is 0 Å². The second-order valence-electron chi connectivity index (χ2n) is 5.13. The lowest BCUT2D eigenvalue weighted by Gasteiger charge is -2.35. The maximum absolute atomic E-state index is 9.89. The first-order valence-corrected chi connectivity index (χ1v) is 5.77. The van der Waals surface area contributed by atoms with E-state index in [0.717, 1.165) is 18.3 Å². The summed E-state index contributed by atoms with van der Waals surface area (Å²) in [6.45, 7) is 2.57. The molecule has 0 radical (unpaired) electrons. The predicted molar refractivity (Wildman–Crippen MR) is 51.4 cm³/mol. The van der Waals surface area contributed by atoms with E-state index in [4.69, 9.17) is 0 Å². The number of likely N-dealkylation sites (tertiary alicyclic amines) is 1. The van der Waals surface area contributed by atoms with Crippen LogP contribution in [0, 0.1) is 11.8 Å². The molecule has 1 heterocycles. The first kappa shape index (κ1) is 8.25. The number of aliphatic hydroxyl groups excluding tert-OH is 1. The van der Waals surface area contributed by atoms with Crippen LogP contribution in [0.3, 0.4) is 0 Å². The lowest BCUT2D eigenvalue weighted by atomic mass is 9.91. The predicted octanol–water partition coefficient (Wildman–Crippen LogP) is 1.24. The van der Waals surface area contributed by atoms with Crippen LogP contribution in [0.1, 0.15) is 32.1 Å². The zero-order valence-corrected chi connectivity index (χ0v) is 8.15. The summed E-state index contributed by atoms with van der Waals surface area (Å²) in [5, 5.41) is 9.89. The van der Waals surface area contributed by atoms with Crippen LogP contribution in [0.25, 0.3) is 0 Å². The molecule has 0 bridgehead atoms. The van der Waals surface area contributed by atoms with Crippen molar-refractivity contribution in [1.29, 1.82) is 0 Å². The molecule has 2 saturated carbocycles. The highest BCUT2D eigenvalue weighted by molar-refractivity contribution is 5.00. The molecule has 0 aromatic rings. The fraction of sp³-hybridized carbons (Fsp3) is 1.00. The smallest absolute Gasteiger partial charge is 0.0695 e. The third kappa shape index (κ3) is 1.40. The van der Waals surface area contributed by atoms with Gasteiger partial charge < -0.3 is 5.11 Å². The topological polar surface area (TPSA) is 23.5 Å². The van der Waals surface area contributed by atoms with Gasteiger partial charge in [-0.05, 0) is 31.1 Å². The van der Waals surface area contributed by atoms with E-state index in [1.165, 1.54) is 38.8 Å². The molecule has 0 aromatic carbocycles. The van der Waals surface area contributed by atoms with E-state index in [0.29, 0.717) is 6.04 Å². The molecule has 2 nitrogen and oxygen atoms in total. The molecule has 3 rings (SSSR count). The van der Waals surface area contributed by atoms with Gasteiger partial charge in [-0.15, -0.1) is 0 Å². The summed E-state index contributed by atoms with van der Waals surface area (Å²) in [4.78, 5) is 2.56. The van der Waals surface area contributed by atoms with Crippen LogP contribution in [0.15, 0.2) is 0 Å². The highest BCUT2D eigenvalue weighted by atomic mass is 16.3. The van der Waals surface area contributed by atoms with Gasteiger partial charge in [0.15, 0.2) is 0 Å². The van der Waals surface area contributed by atoms with Crippen LogP contribution in [-0.4, -0.2) is 35.2 Å². The second kappa shape index (κ2) is 2.96. The number of hydrogen-bond donors (Lipinski definition) is 1. The van der Waals surface area contributed by atoms with E-state index in [9.17, 15) is 5.11 Å². The minimum atomic E-state index is -0.0220. The molecule has 1 saturated heterocycles. The van der Waals surface area contributed by atoms with Crippen LogP contribution in [0.4, 0.5) is 0 Å². The number of rotatable bonds is 1. The SMILES string of the molecule is O[C@@H]1CCCC[C@H]1N1CC2CC2C1. The monoisotopic (exact) mass is 181 g/mol. The van der Waals surface area contributed by atoms with Crippen molar-refractivity contribution in [1.82, 2.24) is 4.90 Å². The second-order valence-corrected chi connectivity index (χ2v) is 5.13. The average Bonchev–Trinajstić information content (AvgIpc) is 2.75. The highest BCUT2D eigenvalue weighted by Gasteiger charge is 2.47. The molecule has 2 heteroatoms. The maximum Gasteiger partial charge on any atom is 0.0695 e. The van der Waals surface area contributed by atoms with E-state index in [-0.39, 0.29) is 6.10 Å². The van der Waals surface area contributed by atoms with Crippen LogP contribution >= 0.6 is 0 Å². The average molecular weight is 181 g/mol. The quantitative estimate of drug-likeness (QED) is 0.658. The summed E-state index contributed by atoms with van der Waals surface area (Å²) in [5.74, 6) is 2.02. The summed E-state index contributed by atoms with van der Waals surface area (Å²) in [5.41, 5.74) is 0. The Labute approximate surface area is 79.9 Å². The Morgan fingerprint density at radius 1 is 1.00 bits per heavy atom. The summed E-state index contributed by atoms with van der Waals surface area (Å²) in [7, 11) is 0. The van der Waals surface area contributed by atoms with Crippen LogP contribution in [0.2, 0.25) is 0 Å². The molecule has 2 aliphatic carbocycles. The molecule has 1 N–H and O–H groups in total. The highest BCUT2D eigenvalue weighted by Crippen LogP contribution is 2.46. The zero-order valence-electron chi connectivity index (χ0n) is 8.15. The molecule has 4 atom stereocenters. The fourth-order valence-electron chi connectivity index (χ4n) is 3.22. The molecular formula is C11H19NO.